The minimum atomic E-state index is -0.679. The molecule has 0 saturated heterocycles. The van der Waals surface area contributed by atoms with E-state index >= 15 is 0 Å². The van der Waals surface area contributed by atoms with Crippen molar-refractivity contribution < 1.29 is 22.7 Å². The van der Waals surface area contributed by atoms with Gasteiger partial charge >= 0.3 is 60.8 Å². The van der Waals surface area contributed by atoms with Crippen LogP contribution < -0.4 is 0 Å². The van der Waals surface area contributed by atoms with Crippen molar-refractivity contribution in [1.29, 1.82) is 0 Å². The van der Waals surface area contributed by atoms with Crippen molar-refractivity contribution in [2.75, 3.05) is 0 Å². The second-order valence-corrected chi connectivity index (χ2v) is 6.24. The maximum atomic E-state index is 10.3. The summed E-state index contributed by atoms with van der Waals surface area (Å²) < 4.78 is 0. The molecule has 0 spiro atoms. The summed E-state index contributed by atoms with van der Waals surface area (Å²) in [5.41, 5.74) is 0. The van der Waals surface area contributed by atoms with Gasteiger partial charge in [-0.25, -0.2) is 0 Å². The molecule has 134 valence electrons. The summed E-state index contributed by atoms with van der Waals surface area (Å²) in [5, 5.41) is 17.0. The van der Waals surface area contributed by atoms with E-state index in [1.165, 1.54) is 64.2 Å². The van der Waals surface area contributed by atoms with Gasteiger partial charge < -0.3 is 13.1 Å². The maximum absolute atomic E-state index is 10.3. The molecule has 0 aromatic rings. The van der Waals surface area contributed by atoms with Crippen molar-refractivity contribution >= 4 is 60.8 Å². The van der Waals surface area contributed by atoms with Gasteiger partial charge in [0, 0.05) is 12.8 Å². The van der Waals surface area contributed by atoms with Crippen LogP contribution in [0.1, 0.15) is 106 Å². The van der Waals surface area contributed by atoms with Crippen LogP contribution in [0.3, 0.4) is 0 Å². The minimum Gasteiger partial charge on any atom is -1.00 e. The van der Waals surface area contributed by atoms with Crippen LogP contribution in [0.25, 0.3) is 0 Å². The number of carboxylic acid groups (broad SMARTS) is 2. The van der Waals surface area contributed by atoms with E-state index < -0.39 is 11.9 Å². The number of hydrogen-bond acceptors (Lipinski definition) is 2. The van der Waals surface area contributed by atoms with E-state index in [-0.39, 0.29) is 51.7 Å². The van der Waals surface area contributed by atoms with Gasteiger partial charge in [0.15, 0.2) is 0 Å². The van der Waals surface area contributed by atoms with Crippen LogP contribution in [-0.4, -0.2) is 71.0 Å². The summed E-state index contributed by atoms with van der Waals surface area (Å²) in [7, 11) is 0. The van der Waals surface area contributed by atoms with Gasteiger partial charge in [0.25, 0.3) is 0 Å². The number of rotatable bonds is 17. The molecule has 2 N–H and O–H groups in total. The molecule has 0 unspecified atom stereocenters. The third-order valence-electron chi connectivity index (χ3n) is 4.03. The van der Waals surface area contributed by atoms with Crippen LogP contribution in [0, 0.1) is 0 Å². The van der Waals surface area contributed by atoms with Crippen molar-refractivity contribution in [2.45, 2.75) is 103 Å². The van der Waals surface area contributed by atoms with Gasteiger partial charge in [-0.15, -0.1) is 0 Å². The maximum Gasteiger partial charge on any atom is 2.00 e. The molecule has 0 saturated carbocycles. The first-order valence-corrected chi connectivity index (χ1v) is 9.06. The van der Waals surface area contributed by atoms with Crippen LogP contribution in [0.5, 0.6) is 0 Å². The number of carbonyl (C=O) groups is 2. The fourth-order valence-corrected chi connectivity index (χ4v) is 2.67. The van der Waals surface area contributed by atoms with Crippen molar-refractivity contribution in [3.63, 3.8) is 0 Å². The van der Waals surface area contributed by atoms with Crippen LogP contribution >= 0.6 is 0 Å². The quantitative estimate of drug-likeness (QED) is 0.233. The molecular weight excluding hydrogens is 418 g/mol. The fraction of sp³-hybridized carbons (Fsp3) is 0.889. The molecule has 23 heavy (non-hydrogen) atoms. The Morgan fingerprint density at radius 2 is 0.652 bits per heavy atom. The number of unbranched alkanes of at least 4 members (excludes halogenated alkanes) is 13. The predicted molar refractivity (Wildman–Crippen MR) is 97.1 cm³/mol. The van der Waals surface area contributed by atoms with E-state index in [9.17, 15) is 9.59 Å². The standard InChI is InChI=1S/C18H34O4.Ba.2H/c19-17(20)15-13-11-9-7-5-3-1-2-4-6-8-10-12-14-16-18(21)22;;;/h1-16H2,(H,19,20)(H,21,22);;;/q;+2;2*-1. The molecule has 0 fully saturated rings. The van der Waals surface area contributed by atoms with Crippen molar-refractivity contribution in [3.05, 3.63) is 0 Å². The third kappa shape index (κ3) is 24.9. The van der Waals surface area contributed by atoms with Gasteiger partial charge in [0.2, 0.25) is 0 Å². The summed E-state index contributed by atoms with van der Waals surface area (Å²) in [6.07, 6.45) is 17.0. The van der Waals surface area contributed by atoms with Gasteiger partial charge in [-0.05, 0) is 12.8 Å². The Morgan fingerprint density at radius 3 is 0.826 bits per heavy atom. The molecule has 5 heteroatoms. The fourth-order valence-electron chi connectivity index (χ4n) is 2.67. The molecular formula is C18H36BaO4. The second-order valence-electron chi connectivity index (χ2n) is 6.24. The Kier molecular flexibility index (Phi) is 23.0. The van der Waals surface area contributed by atoms with Gasteiger partial charge in [-0.3, -0.25) is 9.59 Å². The van der Waals surface area contributed by atoms with Crippen molar-refractivity contribution in [3.8, 4) is 0 Å². The smallest absolute Gasteiger partial charge is 1.00 e. The first-order valence-electron chi connectivity index (χ1n) is 9.06. The molecule has 0 aliphatic carbocycles. The van der Waals surface area contributed by atoms with Crippen LogP contribution in [-0.2, 0) is 9.59 Å². The minimum absolute atomic E-state index is 0. The van der Waals surface area contributed by atoms with Gasteiger partial charge in [-0.2, -0.15) is 0 Å². The molecule has 0 aromatic carbocycles. The summed E-state index contributed by atoms with van der Waals surface area (Å²) >= 11 is 0. The topological polar surface area (TPSA) is 74.6 Å². The van der Waals surface area contributed by atoms with Crippen molar-refractivity contribution in [2.24, 2.45) is 0 Å². The predicted octanol–water partition coefficient (Wildman–Crippen LogP) is 5.24. The zero-order chi connectivity index (χ0) is 16.5. The van der Waals surface area contributed by atoms with Crippen molar-refractivity contribution in [1.82, 2.24) is 0 Å². The summed E-state index contributed by atoms with van der Waals surface area (Å²) in [4.78, 5) is 20.7. The summed E-state index contributed by atoms with van der Waals surface area (Å²) in [5.74, 6) is -1.36. The third-order valence-corrected chi connectivity index (χ3v) is 4.03. The van der Waals surface area contributed by atoms with E-state index in [4.69, 9.17) is 10.2 Å². The van der Waals surface area contributed by atoms with Gasteiger partial charge in [0.05, 0.1) is 0 Å². The summed E-state index contributed by atoms with van der Waals surface area (Å²) in [6.45, 7) is 0. The Hall–Kier alpha value is 0.511. The number of hydrogen-bond donors (Lipinski definition) is 2. The van der Waals surface area contributed by atoms with Crippen LogP contribution in [0.15, 0.2) is 0 Å². The average Bonchev–Trinajstić information content (AvgIpc) is 2.46. The molecule has 0 aliphatic heterocycles. The SMILES string of the molecule is O=C(O)CCCCCCCCCCCCCCCCC(=O)O.[Ba+2].[H-].[H-]. The zero-order valence-electron chi connectivity index (χ0n) is 16.7. The number of carboxylic acids is 2. The number of aliphatic carboxylic acids is 2. The molecule has 0 rings (SSSR count). The average molecular weight is 454 g/mol. The molecule has 0 bridgehead atoms. The van der Waals surface area contributed by atoms with E-state index in [0.717, 1.165) is 25.7 Å². The Labute approximate surface area is 184 Å². The molecule has 4 nitrogen and oxygen atoms in total. The largest absolute Gasteiger partial charge is 2.00 e. The molecule has 0 atom stereocenters. The van der Waals surface area contributed by atoms with E-state index in [0.29, 0.717) is 12.8 Å². The molecule has 0 aliphatic rings. The first-order chi connectivity index (χ1) is 10.6. The van der Waals surface area contributed by atoms with Crippen LogP contribution in [0.4, 0.5) is 0 Å². The van der Waals surface area contributed by atoms with Gasteiger partial charge in [-0.1, -0.05) is 77.0 Å². The Morgan fingerprint density at radius 1 is 0.478 bits per heavy atom. The zero-order valence-corrected chi connectivity index (χ0v) is 19.2. The Bertz CT molecular complexity index is 264. The Balaban J connectivity index is -0.000000735. The molecule has 0 aromatic heterocycles. The van der Waals surface area contributed by atoms with Gasteiger partial charge in [0.1, 0.15) is 0 Å². The van der Waals surface area contributed by atoms with E-state index in [1.54, 1.807) is 0 Å². The second kappa shape index (κ2) is 20.6. The monoisotopic (exact) mass is 454 g/mol. The normalized spacial score (nSPS) is 10.3. The molecule has 0 amide bonds. The first kappa shape index (κ1) is 25.7. The summed E-state index contributed by atoms with van der Waals surface area (Å²) in [6, 6.07) is 0. The molecule has 0 heterocycles. The van der Waals surface area contributed by atoms with E-state index in [1.807, 2.05) is 0 Å². The van der Waals surface area contributed by atoms with E-state index in [2.05, 4.69) is 0 Å². The van der Waals surface area contributed by atoms with Crippen LogP contribution in [0.2, 0.25) is 0 Å². The molecule has 0 radical (unpaired) electrons.